The van der Waals surface area contributed by atoms with E-state index in [4.69, 9.17) is 0 Å². The molecular formula is C13H12N4S. The van der Waals surface area contributed by atoms with Gasteiger partial charge in [0.15, 0.2) is 5.41 Å². The van der Waals surface area contributed by atoms with Gasteiger partial charge in [-0.2, -0.15) is 10.5 Å². The molecule has 0 amide bonds. The minimum absolute atomic E-state index is 0.243. The highest BCUT2D eigenvalue weighted by Crippen LogP contribution is 2.43. The maximum Gasteiger partial charge on any atom is 0.150 e. The Hall–Kier alpha value is -1.72. The molecule has 0 saturated carbocycles. The number of nitriles is 2. The topological polar surface area (TPSA) is 63.7 Å². The zero-order valence-electron chi connectivity index (χ0n) is 9.83. The van der Waals surface area contributed by atoms with Gasteiger partial charge in [0, 0.05) is 43.2 Å². The lowest BCUT2D eigenvalue weighted by atomic mass is 9.82. The second-order valence-corrected chi connectivity index (χ2v) is 6.00. The van der Waals surface area contributed by atoms with Gasteiger partial charge in [-0.1, -0.05) is 0 Å². The van der Waals surface area contributed by atoms with E-state index in [1.807, 2.05) is 17.8 Å². The van der Waals surface area contributed by atoms with Crippen molar-refractivity contribution in [3.8, 4) is 12.1 Å². The van der Waals surface area contributed by atoms with Gasteiger partial charge in [0.25, 0.3) is 0 Å². The fourth-order valence-electron chi connectivity index (χ4n) is 2.69. The van der Waals surface area contributed by atoms with Crippen LogP contribution in [-0.4, -0.2) is 22.7 Å². The second-order valence-electron chi connectivity index (χ2n) is 4.71. The molecule has 1 aromatic rings. The summed E-state index contributed by atoms with van der Waals surface area (Å²) in [6.45, 7) is 0.985. The minimum atomic E-state index is -0.908. The van der Waals surface area contributed by atoms with Gasteiger partial charge >= 0.3 is 0 Å². The molecule has 3 rings (SSSR count). The van der Waals surface area contributed by atoms with Gasteiger partial charge in [-0.05, 0) is 11.6 Å². The molecular weight excluding hydrogens is 244 g/mol. The Morgan fingerprint density at radius 1 is 1.44 bits per heavy atom. The fourth-order valence-corrected chi connectivity index (χ4v) is 4.07. The number of fused-ring (bicyclic) bond motifs is 3. The van der Waals surface area contributed by atoms with E-state index >= 15 is 0 Å². The first kappa shape index (κ1) is 11.4. The van der Waals surface area contributed by atoms with Gasteiger partial charge in [0.05, 0.1) is 17.5 Å². The van der Waals surface area contributed by atoms with Crippen LogP contribution in [0.3, 0.4) is 0 Å². The van der Waals surface area contributed by atoms with Crippen molar-refractivity contribution in [3.05, 3.63) is 24.0 Å². The molecule has 1 atom stereocenters. The molecule has 0 bridgehead atoms. The molecule has 5 heteroatoms. The van der Waals surface area contributed by atoms with Crippen molar-refractivity contribution in [2.24, 2.45) is 5.41 Å². The van der Waals surface area contributed by atoms with E-state index < -0.39 is 5.41 Å². The second kappa shape index (κ2) is 4.19. The van der Waals surface area contributed by atoms with Gasteiger partial charge < -0.3 is 4.90 Å². The van der Waals surface area contributed by atoms with Crippen molar-refractivity contribution >= 4 is 17.4 Å². The molecule has 0 aliphatic carbocycles. The van der Waals surface area contributed by atoms with E-state index in [1.54, 1.807) is 12.4 Å². The molecule has 1 unspecified atom stereocenters. The van der Waals surface area contributed by atoms with Crippen molar-refractivity contribution in [2.45, 2.75) is 18.2 Å². The molecule has 3 heterocycles. The highest BCUT2D eigenvalue weighted by molar-refractivity contribution is 8.00. The largest absolute Gasteiger partial charge is 0.358 e. The van der Waals surface area contributed by atoms with Gasteiger partial charge in [0.1, 0.15) is 0 Å². The summed E-state index contributed by atoms with van der Waals surface area (Å²) >= 11 is 1.84. The molecule has 0 spiro atoms. The van der Waals surface area contributed by atoms with Crippen LogP contribution in [0, 0.1) is 28.1 Å². The molecule has 0 aromatic carbocycles. The third kappa shape index (κ3) is 1.63. The minimum Gasteiger partial charge on any atom is -0.358 e. The van der Waals surface area contributed by atoms with Crippen LogP contribution in [-0.2, 0) is 6.42 Å². The van der Waals surface area contributed by atoms with Crippen LogP contribution in [0.2, 0.25) is 0 Å². The quantitative estimate of drug-likeness (QED) is 0.709. The summed E-state index contributed by atoms with van der Waals surface area (Å²) in [5.74, 6) is 1.05. The Kier molecular flexibility index (Phi) is 2.65. The predicted octanol–water partition coefficient (Wildman–Crippen LogP) is 1.94. The van der Waals surface area contributed by atoms with Crippen LogP contribution < -0.4 is 4.90 Å². The molecule has 1 aromatic heterocycles. The van der Waals surface area contributed by atoms with Crippen LogP contribution in [0.4, 0.5) is 5.69 Å². The number of aromatic nitrogens is 1. The molecule has 18 heavy (non-hydrogen) atoms. The number of nitrogens with zero attached hydrogens (tertiary/aromatic N) is 4. The number of pyridine rings is 1. The molecule has 90 valence electrons. The van der Waals surface area contributed by atoms with E-state index in [2.05, 4.69) is 22.0 Å². The van der Waals surface area contributed by atoms with Gasteiger partial charge in [0.2, 0.25) is 0 Å². The zero-order valence-corrected chi connectivity index (χ0v) is 10.7. The number of rotatable bonds is 0. The van der Waals surface area contributed by atoms with Crippen molar-refractivity contribution in [1.29, 1.82) is 10.5 Å². The smallest absolute Gasteiger partial charge is 0.150 e. The molecule has 2 aliphatic heterocycles. The summed E-state index contributed by atoms with van der Waals surface area (Å²) in [4.78, 5) is 6.45. The molecule has 1 saturated heterocycles. The normalized spacial score (nSPS) is 24.3. The van der Waals surface area contributed by atoms with Gasteiger partial charge in [-0.15, -0.1) is 11.8 Å². The highest BCUT2D eigenvalue weighted by Gasteiger charge is 2.42. The standard InChI is InChI=1S/C13H12N4S/c14-8-13(9-15)5-10-7-16-2-1-11(10)17-3-4-18-12(17)6-13/h1-2,7,12H,3-6H2. The first-order chi connectivity index (χ1) is 8.78. The Balaban J connectivity index is 2.12. The molecule has 1 fully saturated rings. The maximum absolute atomic E-state index is 9.39. The van der Waals surface area contributed by atoms with E-state index in [0.717, 1.165) is 23.5 Å². The van der Waals surface area contributed by atoms with E-state index in [-0.39, 0.29) is 5.37 Å². The monoisotopic (exact) mass is 256 g/mol. The van der Waals surface area contributed by atoms with Crippen molar-refractivity contribution in [1.82, 2.24) is 4.98 Å². The lowest BCUT2D eigenvalue weighted by Crippen LogP contribution is -2.31. The zero-order chi connectivity index (χ0) is 12.6. The summed E-state index contributed by atoms with van der Waals surface area (Å²) in [6, 6.07) is 6.46. The fraction of sp³-hybridized carbons (Fsp3) is 0.462. The SMILES string of the molecule is N#CC1(C#N)Cc2cnccc2N2CCSC2C1. The molecule has 2 aliphatic rings. The number of hydrogen-bond acceptors (Lipinski definition) is 5. The first-order valence-corrected chi connectivity index (χ1v) is 6.96. The number of hydrogen-bond donors (Lipinski definition) is 0. The van der Waals surface area contributed by atoms with E-state index in [9.17, 15) is 10.5 Å². The predicted molar refractivity (Wildman–Crippen MR) is 69.8 cm³/mol. The molecule has 0 radical (unpaired) electrons. The van der Waals surface area contributed by atoms with Crippen LogP contribution in [0.5, 0.6) is 0 Å². The third-order valence-electron chi connectivity index (χ3n) is 3.62. The summed E-state index contributed by atoms with van der Waals surface area (Å²) < 4.78 is 0. The molecule has 4 nitrogen and oxygen atoms in total. The first-order valence-electron chi connectivity index (χ1n) is 5.92. The Morgan fingerprint density at radius 2 is 2.28 bits per heavy atom. The average Bonchev–Trinajstić information content (AvgIpc) is 2.81. The van der Waals surface area contributed by atoms with E-state index in [0.29, 0.717) is 12.8 Å². The number of thioether (sulfide) groups is 1. The summed E-state index contributed by atoms with van der Waals surface area (Å²) in [7, 11) is 0. The van der Waals surface area contributed by atoms with Crippen LogP contribution in [0.15, 0.2) is 18.5 Å². The lowest BCUT2D eigenvalue weighted by Gasteiger charge is -2.25. The van der Waals surface area contributed by atoms with Crippen molar-refractivity contribution in [2.75, 3.05) is 17.2 Å². The Morgan fingerprint density at radius 3 is 3.06 bits per heavy atom. The maximum atomic E-state index is 9.39. The van der Waals surface area contributed by atoms with Crippen molar-refractivity contribution < 1.29 is 0 Å². The summed E-state index contributed by atoms with van der Waals surface area (Å²) in [6.07, 6.45) is 4.67. The van der Waals surface area contributed by atoms with Gasteiger partial charge in [-0.25, -0.2) is 0 Å². The van der Waals surface area contributed by atoms with Crippen LogP contribution in [0.1, 0.15) is 12.0 Å². The average molecular weight is 256 g/mol. The Bertz CT molecular complexity index is 543. The van der Waals surface area contributed by atoms with Crippen LogP contribution in [0.25, 0.3) is 0 Å². The molecule has 0 N–H and O–H groups in total. The third-order valence-corrected chi connectivity index (χ3v) is 4.84. The Labute approximate surface area is 110 Å². The summed E-state index contributed by atoms with van der Waals surface area (Å²) in [5.41, 5.74) is 1.26. The van der Waals surface area contributed by atoms with Gasteiger partial charge in [-0.3, -0.25) is 4.98 Å². The number of anilines is 1. The van der Waals surface area contributed by atoms with Crippen molar-refractivity contribution in [3.63, 3.8) is 0 Å². The van der Waals surface area contributed by atoms with E-state index in [1.165, 1.54) is 0 Å². The highest BCUT2D eigenvalue weighted by atomic mass is 32.2. The van der Waals surface area contributed by atoms with Crippen LogP contribution >= 0.6 is 11.8 Å². The lowest BCUT2D eigenvalue weighted by molar-refractivity contribution is 0.476. The summed E-state index contributed by atoms with van der Waals surface area (Å²) in [5, 5.41) is 19.0.